The van der Waals surface area contributed by atoms with Crippen LogP contribution in [0.4, 0.5) is 0 Å². The second-order valence-electron chi connectivity index (χ2n) is 7.53. The molecule has 1 aliphatic rings. The number of nitrogens with zero attached hydrogens (tertiary/aromatic N) is 1. The lowest BCUT2D eigenvalue weighted by Gasteiger charge is -2.10. The van der Waals surface area contributed by atoms with Crippen LogP contribution in [0.5, 0.6) is 23.0 Å². The predicted octanol–water partition coefficient (Wildman–Crippen LogP) is 2.32. The van der Waals surface area contributed by atoms with Crippen molar-refractivity contribution in [3.05, 3.63) is 59.4 Å². The van der Waals surface area contributed by atoms with Crippen LogP contribution < -0.4 is 24.3 Å². The van der Waals surface area contributed by atoms with Crippen LogP contribution in [0, 0.1) is 0 Å². The van der Waals surface area contributed by atoms with Crippen molar-refractivity contribution in [1.29, 1.82) is 0 Å². The second-order valence-corrected chi connectivity index (χ2v) is 7.53. The molecule has 192 valence electrons. The average Bonchev–Trinajstić information content (AvgIpc) is 3.16. The van der Waals surface area contributed by atoms with Crippen LogP contribution in [0.3, 0.4) is 0 Å². The molecule has 1 heterocycles. The highest BCUT2D eigenvalue weighted by Crippen LogP contribution is 2.31. The van der Waals surface area contributed by atoms with E-state index in [1.165, 1.54) is 64.2 Å². The smallest absolute Gasteiger partial charge is 0.365 e. The van der Waals surface area contributed by atoms with E-state index in [1.807, 2.05) is 0 Å². The maximum absolute atomic E-state index is 12.3. The lowest BCUT2D eigenvalue weighted by Crippen LogP contribution is -2.11. The van der Waals surface area contributed by atoms with E-state index in [0.29, 0.717) is 11.1 Å². The van der Waals surface area contributed by atoms with E-state index in [1.54, 1.807) is 6.07 Å². The normalized spacial score (nSPS) is 13.4. The van der Waals surface area contributed by atoms with Gasteiger partial charge in [0, 0.05) is 46.0 Å². The summed E-state index contributed by atoms with van der Waals surface area (Å²) >= 11 is 0. The Bertz CT molecular complexity index is 1340. The first-order valence-corrected chi connectivity index (χ1v) is 10.8. The zero-order valence-electron chi connectivity index (χ0n) is 20.3. The van der Waals surface area contributed by atoms with Crippen molar-refractivity contribution >= 4 is 35.7 Å². The number of cyclic esters (lactones) is 1. The van der Waals surface area contributed by atoms with Gasteiger partial charge in [-0.05, 0) is 35.9 Å². The van der Waals surface area contributed by atoms with Crippen molar-refractivity contribution in [2.45, 2.75) is 34.2 Å². The molecule has 0 saturated heterocycles. The Balaban J connectivity index is 1.77. The summed E-state index contributed by atoms with van der Waals surface area (Å²) in [7, 11) is 0. The summed E-state index contributed by atoms with van der Waals surface area (Å²) in [5.41, 5.74) is 0.910. The van der Waals surface area contributed by atoms with Gasteiger partial charge in [0.1, 0.15) is 0 Å². The summed E-state index contributed by atoms with van der Waals surface area (Å²) in [6.07, 6.45) is 1.33. The number of rotatable bonds is 8. The largest absolute Gasteiger partial charge is 0.423 e. The maximum atomic E-state index is 12.3. The summed E-state index contributed by atoms with van der Waals surface area (Å²) in [6, 6.07) is 8.84. The lowest BCUT2D eigenvalue weighted by molar-refractivity contribution is -0.134. The third kappa shape index (κ3) is 7.49. The zero-order chi connectivity index (χ0) is 27.1. The molecular weight excluding hydrogens is 488 g/mol. The molecule has 1 aliphatic heterocycles. The number of aliphatic imine (C=N–C) groups is 1. The van der Waals surface area contributed by atoms with Gasteiger partial charge in [0.15, 0.2) is 28.7 Å². The number of esters is 5. The zero-order valence-corrected chi connectivity index (χ0v) is 20.3. The Morgan fingerprint density at radius 1 is 0.784 bits per heavy atom. The van der Waals surface area contributed by atoms with Crippen LogP contribution in [-0.2, 0) is 35.3 Å². The van der Waals surface area contributed by atoms with E-state index in [0.717, 1.165) is 0 Å². The molecule has 0 aromatic heterocycles. The molecule has 1 N–H and O–H groups in total. The molecule has 0 saturated carbocycles. The minimum absolute atomic E-state index is 0.0154. The minimum Gasteiger partial charge on any atom is -0.423 e. The van der Waals surface area contributed by atoms with E-state index in [9.17, 15) is 24.0 Å². The van der Waals surface area contributed by atoms with E-state index in [2.05, 4.69) is 10.3 Å². The van der Waals surface area contributed by atoms with E-state index < -0.39 is 29.8 Å². The molecule has 2 aromatic rings. The molecule has 0 radical (unpaired) electrons. The third-order valence-electron chi connectivity index (χ3n) is 4.38. The molecule has 0 spiro atoms. The topological polar surface area (TPSA) is 156 Å². The van der Waals surface area contributed by atoms with Gasteiger partial charge in [0.05, 0.1) is 0 Å². The van der Waals surface area contributed by atoms with E-state index in [-0.39, 0.29) is 41.1 Å². The molecule has 0 bridgehead atoms. The molecule has 0 atom stereocenters. The van der Waals surface area contributed by atoms with Gasteiger partial charge >= 0.3 is 29.8 Å². The Morgan fingerprint density at radius 3 is 1.86 bits per heavy atom. The highest BCUT2D eigenvalue weighted by Gasteiger charge is 2.25. The van der Waals surface area contributed by atoms with Gasteiger partial charge < -0.3 is 29.0 Å². The van der Waals surface area contributed by atoms with Crippen LogP contribution >= 0.6 is 0 Å². The van der Waals surface area contributed by atoms with Gasteiger partial charge in [-0.2, -0.15) is 0 Å². The fraction of sp³-hybridized carbons (Fsp3) is 0.200. The number of carbonyl (C=O) groups is 5. The Kier molecular flexibility index (Phi) is 8.35. The van der Waals surface area contributed by atoms with Crippen LogP contribution in [-0.4, -0.2) is 35.7 Å². The molecule has 2 aromatic carbocycles. The fourth-order valence-corrected chi connectivity index (χ4v) is 3.05. The molecule has 0 unspecified atom stereocenters. The highest BCUT2D eigenvalue weighted by atomic mass is 16.6. The summed E-state index contributed by atoms with van der Waals surface area (Å²) in [5, 5.41) is 2.91. The molecular formula is C25H22N2O10. The Morgan fingerprint density at radius 2 is 1.30 bits per heavy atom. The number of carbonyl (C=O) groups excluding carboxylic acids is 5. The summed E-state index contributed by atoms with van der Waals surface area (Å²) in [5.74, 6) is -3.07. The summed E-state index contributed by atoms with van der Waals surface area (Å²) < 4.78 is 25.4. The third-order valence-corrected chi connectivity index (χ3v) is 4.38. The van der Waals surface area contributed by atoms with Crippen molar-refractivity contribution in [3.8, 4) is 23.0 Å². The quantitative estimate of drug-likeness (QED) is 0.316. The second kappa shape index (κ2) is 11.6. The van der Waals surface area contributed by atoms with Gasteiger partial charge in [-0.25, -0.2) is 9.79 Å². The van der Waals surface area contributed by atoms with Crippen molar-refractivity contribution in [1.82, 2.24) is 5.32 Å². The summed E-state index contributed by atoms with van der Waals surface area (Å²) in [4.78, 5) is 61.8. The number of benzene rings is 2. The minimum atomic E-state index is -0.730. The number of hydrogen-bond acceptors (Lipinski definition) is 12. The Hall–Kier alpha value is -5.00. The Labute approximate surface area is 210 Å². The predicted molar refractivity (Wildman–Crippen MR) is 126 cm³/mol. The molecule has 37 heavy (non-hydrogen) atoms. The van der Waals surface area contributed by atoms with E-state index >= 15 is 0 Å². The number of hydrogen-bond donors (Lipinski definition) is 1. The standard InChI is InChI=1S/C25H22N2O10/c1-13(28)33-20-7-5-17(9-22(20)35-15(3)30)11-26-12-19-25(32)37-24(27-19)18-6-8-21(34-14(2)29)23(10-18)36-16(4)31/h5-10,12,26H,11H2,1-4H3/b19-12+. The van der Waals surface area contributed by atoms with Gasteiger partial charge in [-0.3, -0.25) is 19.2 Å². The van der Waals surface area contributed by atoms with Crippen LogP contribution in [0.1, 0.15) is 38.8 Å². The SMILES string of the molecule is CC(=O)Oc1ccc(CN/C=C2/N=C(c3ccc(OC(C)=O)c(OC(C)=O)c3)OC2=O)cc1OC(C)=O. The van der Waals surface area contributed by atoms with Crippen LogP contribution in [0.2, 0.25) is 0 Å². The molecule has 3 rings (SSSR count). The number of nitrogens with one attached hydrogen (secondary N) is 1. The number of ether oxygens (including phenoxy) is 5. The molecule has 0 aliphatic carbocycles. The average molecular weight is 510 g/mol. The molecule has 12 nitrogen and oxygen atoms in total. The monoisotopic (exact) mass is 510 g/mol. The van der Waals surface area contributed by atoms with E-state index in [4.69, 9.17) is 23.7 Å². The van der Waals surface area contributed by atoms with Crippen molar-refractivity contribution in [2.24, 2.45) is 4.99 Å². The fourth-order valence-electron chi connectivity index (χ4n) is 3.05. The van der Waals surface area contributed by atoms with Gasteiger partial charge in [-0.15, -0.1) is 0 Å². The first kappa shape index (κ1) is 26.6. The molecule has 0 amide bonds. The van der Waals surface area contributed by atoms with Crippen molar-refractivity contribution in [3.63, 3.8) is 0 Å². The first-order valence-electron chi connectivity index (χ1n) is 10.8. The van der Waals surface area contributed by atoms with Crippen molar-refractivity contribution < 1.29 is 47.7 Å². The van der Waals surface area contributed by atoms with Crippen LogP contribution in [0.25, 0.3) is 0 Å². The van der Waals surface area contributed by atoms with Crippen molar-refractivity contribution in [2.75, 3.05) is 0 Å². The summed E-state index contributed by atoms with van der Waals surface area (Å²) in [6.45, 7) is 5.02. The van der Waals surface area contributed by atoms with Crippen LogP contribution in [0.15, 0.2) is 53.3 Å². The maximum Gasteiger partial charge on any atom is 0.365 e. The van der Waals surface area contributed by atoms with Gasteiger partial charge in [0.2, 0.25) is 5.90 Å². The lowest BCUT2D eigenvalue weighted by atomic mass is 10.2. The highest BCUT2D eigenvalue weighted by molar-refractivity contribution is 6.11. The van der Waals surface area contributed by atoms with Gasteiger partial charge in [-0.1, -0.05) is 6.07 Å². The molecule has 12 heteroatoms. The molecule has 0 fully saturated rings. The van der Waals surface area contributed by atoms with Gasteiger partial charge in [0.25, 0.3) is 0 Å². The first-order chi connectivity index (χ1) is 17.5.